The lowest BCUT2D eigenvalue weighted by Gasteiger charge is -2.21. The van der Waals surface area contributed by atoms with E-state index in [9.17, 15) is 0 Å². The maximum absolute atomic E-state index is 5.71. The molecule has 2 rings (SSSR count). The first-order chi connectivity index (χ1) is 11.8. The number of hydrogen-bond donors (Lipinski definition) is 1. The molecule has 1 heterocycles. The van der Waals surface area contributed by atoms with E-state index in [0.717, 1.165) is 63.9 Å². The van der Waals surface area contributed by atoms with Crippen LogP contribution in [0.25, 0.3) is 0 Å². The number of para-hydroxylation sites is 1. The Kier molecular flexibility index (Phi) is 8.46. The van der Waals surface area contributed by atoms with Gasteiger partial charge in [-0.25, -0.2) is 0 Å². The average molecular weight is 333 g/mol. The van der Waals surface area contributed by atoms with Gasteiger partial charge in [-0.05, 0) is 38.3 Å². The van der Waals surface area contributed by atoms with E-state index >= 15 is 0 Å². The van der Waals surface area contributed by atoms with Crippen LogP contribution < -0.4 is 10.1 Å². The summed E-state index contributed by atoms with van der Waals surface area (Å²) in [5, 5.41) is 3.41. The van der Waals surface area contributed by atoms with Gasteiger partial charge < -0.3 is 19.7 Å². The van der Waals surface area contributed by atoms with Crippen molar-refractivity contribution in [2.45, 2.75) is 26.2 Å². The Morgan fingerprint density at radius 1 is 1.29 bits per heavy atom. The molecule has 0 radical (unpaired) electrons. The highest BCUT2D eigenvalue weighted by Crippen LogP contribution is 2.16. The minimum atomic E-state index is 0.623. The van der Waals surface area contributed by atoms with Crippen molar-refractivity contribution in [2.75, 3.05) is 46.5 Å². The molecular formula is C19H31N3O2. The summed E-state index contributed by atoms with van der Waals surface area (Å²) >= 11 is 0. The zero-order valence-corrected chi connectivity index (χ0v) is 15.0. The van der Waals surface area contributed by atoms with Crippen LogP contribution in [-0.2, 0) is 4.74 Å². The number of methoxy groups -OCH3 is 1. The van der Waals surface area contributed by atoms with Gasteiger partial charge in [0, 0.05) is 39.2 Å². The first kappa shape index (κ1) is 18.6. The van der Waals surface area contributed by atoms with E-state index in [4.69, 9.17) is 14.5 Å². The van der Waals surface area contributed by atoms with Gasteiger partial charge in [-0.1, -0.05) is 18.2 Å². The van der Waals surface area contributed by atoms with Crippen molar-refractivity contribution < 1.29 is 9.47 Å². The van der Waals surface area contributed by atoms with E-state index in [1.54, 1.807) is 7.11 Å². The number of hydrogen-bond acceptors (Lipinski definition) is 3. The van der Waals surface area contributed by atoms with Gasteiger partial charge in [0.1, 0.15) is 5.75 Å². The molecule has 0 amide bonds. The second-order valence-corrected chi connectivity index (χ2v) is 6.16. The van der Waals surface area contributed by atoms with Crippen molar-refractivity contribution in [3.05, 3.63) is 30.3 Å². The van der Waals surface area contributed by atoms with Gasteiger partial charge >= 0.3 is 0 Å². The molecule has 1 aliphatic rings. The third-order valence-electron chi connectivity index (χ3n) is 4.15. The zero-order chi connectivity index (χ0) is 17.0. The fourth-order valence-corrected chi connectivity index (χ4v) is 2.93. The molecule has 134 valence electrons. The summed E-state index contributed by atoms with van der Waals surface area (Å²) in [6, 6.07) is 9.97. The third-order valence-corrected chi connectivity index (χ3v) is 4.15. The fourth-order valence-electron chi connectivity index (χ4n) is 2.93. The number of rotatable bonds is 9. The monoisotopic (exact) mass is 333 g/mol. The maximum Gasteiger partial charge on any atom is 0.193 e. The van der Waals surface area contributed by atoms with E-state index in [1.165, 1.54) is 6.42 Å². The normalized spacial score (nSPS) is 18.0. The van der Waals surface area contributed by atoms with Gasteiger partial charge in [0.2, 0.25) is 0 Å². The van der Waals surface area contributed by atoms with Crippen LogP contribution in [0, 0.1) is 5.92 Å². The lowest BCUT2D eigenvalue weighted by Crippen LogP contribution is -2.40. The van der Waals surface area contributed by atoms with E-state index < -0.39 is 0 Å². The number of nitrogens with one attached hydrogen (secondary N) is 1. The number of benzene rings is 1. The van der Waals surface area contributed by atoms with Crippen molar-refractivity contribution in [3.8, 4) is 5.75 Å². The molecule has 5 heteroatoms. The molecule has 1 fully saturated rings. The molecular weight excluding hydrogens is 302 g/mol. The second-order valence-electron chi connectivity index (χ2n) is 6.16. The Morgan fingerprint density at radius 3 is 2.88 bits per heavy atom. The van der Waals surface area contributed by atoms with Crippen LogP contribution in [0.1, 0.15) is 26.2 Å². The predicted molar refractivity (Wildman–Crippen MR) is 98.7 cm³/mol. The van der Waals surface area contributed by atoms with Gasteiger partial charge in [0.15, 0.2) is 5.96 Å². The Balaban J connectivity index is 1.67. The summed E-state index contributed by atoms with van der Waals surface area (Å²) in [6.45, 7) is 7.55. The SMILES string of the molecule is CCNC(=NCCCCOc1ccccc1)N1CCC(COC)C1. The standard InChI is InChI=1S/C19H31N3O2/c1-3-20-19(22-13-11-17(15-22)16-23-2)21-12-7-8-14-24-18-9-5-4-6-10-18/h4-6,9-10,17H,3,7-8,11-16H2,1-2H3,(H,20,21). The molecule has 0 aliphatic carbocycles. The van der Waals surface area contributed by atoms with Crippen LogP contribution in [0.3, 0.4) is 0 Å². The van der Waals surface area contributed by atoms with E-state index in [-0.39, 0.29) is 0 Å². The van der Waals surface area contributed by atoms with Crippen LogP contribution in [0.4, 0.5) is 0 Å². The fraction of sp³-hybridized carbons (Fsp3) is 0.632. The molecule has 1 unspecified atom stereocenters. The molecule has 0 spiro atoms. The van der Waals surface area contributed by atoms with Crippen molar-refractivity contribution in [1.29, 1.82) is 0 Å². The molecule has 1 aromatic rings. The summed E-state index contributed by atoms with van der Waals surface area (Å²) < 4.78 is 11.0. The second kappa shape index (κ2) is 10.9. The molecule has 24 heavy (non-hydrogen) atoms. The van der Waals surface area contributed by atoms with Crippen molar-refractivity contribution in [1.82, 2.24) is 10.2 Å². The van der Waals surface area contributed by atoms with Crippen molar-refractivity contribution >= 4 is 5.96 Å². The molecule has 1 N–H and O–H groups in total. The number of aliphatic imine (C=N–C) groups is 1. The predicted octanol–water partition coefficient (Wildman–Crippen LogP) is 2.78. The minimum Gasteiger partial charge on any atom is -0.494 e. The van der Waals surface area contributed by atoms with Gasteiger partial charge in [0.05, 0.1) is 13.2 Å². The number of likely N-dealkylation sites (tertiary alicyclic amines) is 1. The molecule has 1 atom stereocenters. The average Bonchev–Trinajstić information content (AvgIpc) is 3.07. The van der Waals surface area contributed by atoms with Crippen LogP contribution >= 0.6 is 0 Å². The smallest absolute Gasteiger partial charge is 0.193 e. The highest BCUT2D eigenvalue weighted by atomic mass is 16.5. The molecule has 5 nitrogen and oxygen atoms in total. The first-order valence-electron chi connectivity index (χ1n) is 9.03. The van der Waals surface area contributed by atoms with Gasteiger partial charge in [-0.2, -0.15) is 0 Å². The largest absolute Gasteiger partial charge is 0.494 e. The Labute approximate surface area is 146 Å². The molecule has 1 saturated heterocycles. The topological polar surface area (TPSA) is 46.1 Å². The van der Waals surface area contributed by atoms with Crippen LogP contribution in [0.5, 0.6) is 5.75 Å². The highest BCUT2D eigenvalue weighted by Gasteiger charge is 2.24. The number of guanidine groups is 1. The third kappa shape index (κ3) is 6.40. The van der Waals surface area contributed by atoms with Crippen LogP contribution in [-0.4, -0.2) is 57.4 Å². The summed E-state index contributed by atoms with van der Waals surface area (Å²) in [7, 11) is 1.78. The highest BCUT2D eigenvalue weighted by molar-refractivity contribution is 5.80. The maximum atomic E-state index is 5.71. The molecule has 0 bridgehead atoms. The number of nitrogens with zero attached hydrogens (tertiary/aromatic N) is 2. The van der Waals surface area contributed by atoms with Crippen molar-refractivity contribution in [3.63, 3.8) is 0 Å². The molecule has 0 saturated carbocycles. The number of unbranched alkanes of at least 4 members (excludes halogenated alkanes) is 1. The Morgan fingerprint density at radius 2 is 2.12 bits per heavy atom. The molecule has 1 aliphatic heterocycles. The van der Waals surface area contributed by atoms with Crippen molar-refractivity contribution in [2.24, 2.45) is 10.9 Å². The van der Waals surface area contributed by atoms with Gasteiger partial charge in [0.25, 0.3) is 0 Å². The number of ether oxygens (including phenoxy) is 2. The summed E-state index contributed by atoms with van der Waals surface area (Å²) in [5.74, 6) is 2.61. The van der Waals surface area contributed by atoms with Gasteiger partial charge in [-0.3, -0.25) is 4.99 Å². The zero-order valence-electron chi connectivity index (χ0n) is 15.0. The van der Waals surface area contributed by atoms with E-state index in [0.29, 0.717) is 5.92 Å². The lowest BCUT2D eigenvalue weighted by molar-refractivity contribution is 0.157. The quantitative estimate of drug-likeness (QED) is 0.429. The summed E-state index contributed by atoms with van der Waals surface area (Å²) in [5.41, 5.74) is 0. The van der Waals surface area contributed by atoms with E-state index in [1.807, 2.05) is 30.3 Å². The van der Waals surface area contributed by atoms with Crippen LogP contribution in [0.15, 0.2) is 35.3 Å². The summed E-state index contributed by atoms with van der Waals surface area (Å²) in [6.07, 6.45) is 3.24. The van der Waals surface area contributed by atoms with Crippen LogP contribution in [0.2, 0.25) is 0 Å². The lowest BCUT2D eigenvalue weighted by atomic mass is 10.1. The molecule has 0 aromatic heterocycles. The van der Waals surface area contributed by atoms with E-state index in [2.05, 4.69) is 17.1 Å². The Hall–Kier alpha value is -1.75. The van der Waals surface area contributed by atoms with Gasteiger partial charge in [-0.15, -0.1) is 0 Å². The first-order valence-corrected chi connectivity index (χ1v) is 9.03. The molecule has 1 aromatic carbocycles. The summed E-state index contributed by atoms with van der Waals surface area (Å²) in [4.78, 5) is 7.12. The Bertz CT molecular complexity index is 479. The minimum absolute atomic E-state index is 0.623.